The van der Waals surface area contributed by atoms with Crippen LogP contribution in [0.4, 0.5) is 0 Å². The third kappa shape index (κ3) is 1.53. The second kappa shape index (κ2) is 3.25. The monoisotopic (exact) mass is 235 g/mol. The lowest BCUT2D eigenvalue weighted by Gasteiger charge is -2.21. The first-order valence-corrected chi connectivity index (χ1v) is 5.42. The van der Waals surface area contributed by atoms with Gasteiger partial charge in [0.2, 0.25) is 0 Å². The molecule has 0 aromatic carbocycles. The van der Waals surface area contributed by atoms with Crippen molar-refractivity contribution in [2.75, 3.05) is 32.1 Å². The van der Waals surface area contributed by atoms with E-state index in [1.54, 1.807) is 0 Å². The Bertz CT molecular complexity index is 178. The molecule has 0 aromatic rings. The molecule has 2 unspecified atom stereocenters. The summed E-state index contributed by atoms with van der Waals surface area (Å²) in [5.74, 6) is -0.271. The van der Waals surface area contributed by atoms with Crippen LogP contribution in [0.1, 0.15) is 6.42 Å². The lowest BCUT2D eigenvalue weighted by Crippen LogP contribution is -2.34. The van der Waals surface area contributed by atoms with Crippen LogP contribution in [0.3, 0.4) is 0 Å². The molecule has 2 fully saturated rings. The van der Waals surface area contributed by atoms with Gasteiger partial charge in [0, 0.05) is 18.3 Å². The van der Waals surface area contributed by atoms with Gasteiger partial charge in [0.05, 0.1) is 19.3 Å². The van der Waals surface area contributed by atoms with E-state index in [9.17, 15) is 0 Å². The lowest BCUT2D eigenvalue weighted by atomic mass is 10.2. The van der Waals surface area contributed by atoms with Crippen LogP contribution in [-0.2, 0) is 9.47 Å². The Morgan fingerprint density at radius 3 is 3.00 bits per heavy atom. The average molecular weight is 236 g/mol. The third-order valence-electron chi connectivity index (χ3n) is 2.47. The van der Waals surface area contributed by atoms with Crippen molar-refractivity contribution in [3.63, 3.8) is 0 Å². The van der Waals surface area contributed by atoms with Gasteiger partial charge in [-0.15, -0.1) is 0 Å². The number of likely N-dealkylation sites (N-methyl/N-ethyl adjacent to an activating group) is 1. The topological polar surface area (TPSA) is 21.7 Å². The fourth-order valence-corrected chi connectivity index (χ4v) is 2.16. The SMILES string of the molecule is CN1CCC2(C1)OCC(CBr)O2. The number of ether oxygens (including phenoxy) is 2. The minimum atomic E-state index is -0.271. The van der Waals surface area contributed by atoms with E-state index in [2.05, 4.69) is 27.9 Å². The number of alkyl halides is 1. The normalized spacial score (nSPS) is 43.0. The number of hydrogen-bond acceptors (Lipinski definition) is 3. The molecule has 2 rings (SSSR count). The van der Waals surface area contributed by atoms with Crippen molar-refractivity contribution in [1.82, 2.24) is 4.90 Å². The van der Waals surface area contributed by atoms with E-state index in [-0.39, 0.29) is 11.9 Å². The van der Waals surface area contributed by atoms with Gasteiger partial charge in [-0.3, -0.25) is 0 Å². The molecule has 0 aliphatic carbocycles. The summed E-state index contributed by atoms with van der Waals surface area (Å²) < 4.78 is 11.5. The van der Waals surface area contributed by atoms with Crippen LogP contribution in [0.5, 0.6) is 0 Å². The summed E-state index contributed by atoms with van der Waals surface area (Å²) in [6.07, 6.45) is 1.25. The lowest BCUT2D eigenvalue weighted by molar-refractivity contribution is -0.153. The smallest absolute Gasteiger partial charge is 0.182 e. The van der Waals surface area contributed by atoms with E-state index in [1.165, 1.54) is 0 Å². The summed E-state index contributed by atoms with van der Waals surface area (Å²) in [6, 6.07) is 0. The van der Waals surface area contributed by atoms with E-state index in [0.717, 1.165) is 31.4 Å². The molecule has 0 amide bonds. The molecule has 0 aromatic heterocycles. The maximum atomic E-state index is 5.82. The van der Waals surface area contributed by atoms with Crippen molar-refractivity contribution in [3.05, 3.63) is 0 Å². The zero-order chi connectivity index (χ0) is 8.60. The predicted molar refractivity (Wildman–Crippen MR) is 49.5 cm³/mol. The van der Waals surface area contributed by atoms with Crippen molar-refractivity contribution in [1.29, 1.82) is 0 Å². The number of rotatable bonds is 1. The van der Waals surface area contributed by atoms with Crippen LogP contribution in [0, 0.1) is 0 Å². The first-order valence-electron chi connectivity index (χ1n) is 4.30. The van der Waals surface area contributed by atoms with Crippen LogP contribution < -0.4 is 0 Å². The highest BCUT2D eigenvalue weighted by atomic mass is 79.9. The Morgan fingerprint density at radius 1 is 1.67 bits per heavy atom. The third-order valence-corrected chi connectivity index (χ3v) is 3.19. The summed E-state index contributed by atoms with van der Waals surface area (Å²) in [7, 11) is 2.10. The minimum absolute atomic E-state index is 0.247. The van der Waals surface area contributed by atoms with Gasteiger partial charge in [0.25, 0.3) is 0 Å². The minimum Gasteiger partial charge on any atom is -0.346 e. The first kappa shape index (κ1) is 8.94. The zero-order valence-electron chi connectivity index (χ0n) is 7.25. The highest BCUT2D eigenvalue weighted by Gasteiger charge is 2.45. The van der Waals surface area contributed by atoms with Gasteiger partial charge in [-0.25, -0.2) is 0 Å². The second-order valence-electron chi connectivity index (χ2n) is 3.60. The largest absolute Gasteiger partial charge is 0.346 e. The molecular formula is C8H14BrNO2. The number of nitrogens with zero attached hydrogens (tertiary/aromatic N) is 1. The van der Waals surface area contributed by atoms with E-state index in [0.29, 0.717) is 0 Å². The molecule has 2 aliphatic rings. The molecule has 2 atom stereocenters. The predicted octanol–water partition coefficient (Wildman–Crippen LogP) is 0.828. The Morgan fingerprint density at radius 2 is 2.50 bits per heavy atom. The summed E-state index contributed by atoms with van der Waals surface area (Å²) in [6.45, 7) is 2.73. The first-order chi connectivity index (χ1) is 5.74. The van der Waals surface area contributed by atoms with Crippen LogP contribution in [0.25, 0.3) is 0 Å². The van der Waals surface area contributed by atoms with E-state index >= 15 is 0 Å². The molecule has 2 heterocycles. The maximum Gasteiger partial charge on any atom is 0.182 e. The van der Waals surface area contributed by atoms with Gasteiger partial charge < -0.3 is 14.4 Å². The molecule has 0 radical (unpaired) electrons. The van der Waals surface area contributed by atoms with Gasteiger partial charge in [-0.2, -0.15) is 0 Å². The number of hydrogen-bond donors (Lipinski definition) is 0. The molecule has 0 N–H and O–H groups in total. The Labute approximate surface area is 81.1 Å². The van der Waals surface area contributed by atoms with E-state index in [1.807, 2.05) is 0 Å². The van der Waals surface area contributed by atoms with E-state index in [4.69, 9.17) is 9.47 Å². The summed E-state index contributed by atoms with van der Waals surface area (Å²) in [5.41, 5.74) is 0. The molecule has 70 valence electrons. The van der Waals surface area contributed by atoms with Crippen molar-refractivity contribution in [2.24, 2.45) is 0 Å². The molecule has 2 saturated heterocycles. The molecule has 3 nitrogen and oxygen atoms in total. The average Bonchev–Trinajstić information content (AvgIpc) is 2.61. The van der Waals surface area contributed by atoms with Gasteiger partial charge in [0.1, 0.15) is 0 Å². The molecule has 12 heavy (non-hydrogen) atoms. The molecule has 0 saturated carbocycles. The van der Waals surface area contributed by atoms with Gasteiger partial charge in [-0.1, -0.05) is 15.9 Å². The fraction of sp³-hybridized carbons (Fsp3) is 1.00. The summed E-state index contributed by atoms with van der Waals surface area (Å²) in [4.78, 5) is 2.25. The molecule has 4 heteroatoms. The quantitative estimate of drug-likeness (QED) is 0.629. The van der Waals surface area contributed by atoms with Crippen LogP contribution in [0.15, 0.2) is 0 Å². The highest BCUT2D eigenvalue weighted by Crippen LogP contribution is 2.32. The number of halogens is 1. The fourth-order valence-electron chi connectivity index (χ4n) is 1.84. The second-order valence-corrected chi connectivity index (χ2v) is 4.25. The van der Waals surface area contributed by atoms with Crippen molar-refractivity contribution < 1.29 is 9.47 Å². The van der Waals surface area contributed by atoms with Crippen molar-refractivity contribution in [2.45, 2.75) is 18.3 Å². The van der Waals surface area contributed by atoms with Gasteiger partial charge in [-0.05, 0) is 7.05 Å². The van der Waals surface area contributed by atoms with Crippen LogP contribution >= 0.6 is 15.9 Å². The zero-order valence-corrected chi connectivity index (χ0v) is 8.84. The maximum absolute atomic E-state index is 5.82. The van der Waals surface area contributed by atoms with Crippen LogP contribution in [-0.4, -0.2) is 48.9 Å². The Kier molecular flexibility index (Phi) is 2.42. The van der Waals surface area contributed by atoms with Crippen molar-refractivity contribution >= 4 is 15.9 Å². The Hall–Kier alpha value is 0.360. The standard InChI is InChI=1S/C8H14BrNO2/c1-10-3-2-8(6-10)11-5-7(4-9)12-8/h7H,2-6H2,1H3. The van der Waals surface area contributed by atoms with Gasteiger partial charge in [0.15, 0.2) is 5.79 Å². The molecule has 0 bridgehead atoms. The Balaban J connectivity index is 1.97. The summed E-state index contributed by atoms with van der Waals surface area (Å²) >= 11 is 3.40. The highest BCUT2D eigenvalue weighted by molar-refractivity contribution is 9.09. The van der Waals surface area contributed by atoms with Crippen LogP contribution in [0.2, 0.25) is 0 Å². The van der Waals surface area contributed by atoms with Gasteiger partial charge >= 0.3 is 0 Å². The number of likely N-dealkylation sites (tertiary alicyclic amines) is 1. The molecule has 1 spiro atoms. The molecule has 2 aliphatic heterocycles. The molecular weight excluding hydrogens is 222 g/mol. The van der Waals surface area contributed by atoms with E-state index < -0.39 is 0 Å². The van der Waals surface area contributed by atoms with Crippen molar-refractivity contribution in [3.8, 4) is 0 Å². The summed E-state index contributed by atoms with van der Waals surface area (Å²) in [5, 5.41) is 0.873.